The van der Waals surface area contributed by atoms with Gasteiger partial charge in [-0.05, 0) is 34.3 Å². The highest BCUT2D eigenvalue weighted by Gasteiger charge is 2.15. The molecule has 0 atom stereocenters. The first-order chi connectivity index (χ1) is 9.85. The number of halogens is 2. The maximum Gasteiger partial charge on any atom is 0.310 e. The Morgan fingerprint density at radius 2 is 2.24 bits per heavy atom. The van der Waals surface area contributed by atoms with Crippen LogP contribution in [0.25, 0.3) is 10.4 Å². The summed E-state index contributed by atoms with van der Waals surface area (Å²) >= 11 is 10.7. The number of carbonyl (C=O) groups is 1. The third-order valence-electron chi connectivity index (χ3n) is 2.41. The van der Waals surface area contributed by atoms with E-state index in [-0.39, 0.29) is 27.9 Å². The fourth-order valence-electron chi connectivity index (χ4n) is 1.45. The van der Waals surface area contributed by atoms with Crippen molar-refractivity contribution in [2.75, 3.05) is 6.61 Å². The van der Waals surface area contributed by atoms with Gasteiger partial charge in [0.15, 0.2) is 0 Å². The van der Waals surface area contributed by atoms with Gasteiger partial charge >= 0.3 is 5.97 Å². The molecular formula is C13H13ClFN3O2S. The summed E-state index contributed by atoms with van der Waals surface area (Å²) in [6.07, 6.45) is -0.113. The number of hydrogen-bond donors (Lipinski definition) is 0. The lowest BCUT2D eigenvalue weighted by atomic mass is 10.1. The Bertz CT molecular complexity index is 616. The van der Waals surface area contributed by atoms with E-state index in [0.717, 1.165) is 6.07 Å². The molecular weight excluding hydrogens is 317 g/mol. The number of carbonyl (C=O) groups excluding carboxylic acids is 1. The summed E-state index contributed by atoms with van der Waals surface area (Å²) in [4.78, 5) is 13.9. The maximum absolute atomic E-state index is 13.7. The van der Waals surface area contributed by atoms with Crippen LogP contribution >= 0.6 is 23.8 Å². The molecule has 0 spiro atoms. The minimum atomic E-state index is -0.711. The molecule has 8 heteroatoms. The lowest BCUT2D eigenvalue weighted by Gasteiger charge is -2.10. The van der Waals surface area contributed by atoms with Crippen molar-refractivity contribution in [3.05, 3.63) is 44.5 Å². The van der Waals surface area contributed by atoms with E-state index in [0.29, 0.717) is 12.2 Å². The highest BCUT2D eigenvalue weighted by molar-refractivity contribution is 7.80. The standard InChI is InChI=1S/C13H13ClFN3O2S/c1-7(2)6-20-12(19)4-8-3-9(13(21)17-18-16)11(15)5-10(8)14/h3,5,7H,4,6H2,1-2H3. The van der Waals surface area contributed by atoms with Gasteiger partial charge in [-0.15, -0.1) is 0 Å². The van der Waals surface area contributed by atoms with Gasteiger partial charge in [-0.3, -0.25) is 4.79 Å². The smallest absolute Gasteiger partial charge is 0.310 e. The number of rotatable bonds is 5. The van der Waals surface area contributed by atoms with Crippen LogP contribution in [0.5, 0.6) is 0 Å². The van der Waals surface area contributed by atoms with Crippen molar-refractivity contribution in [3.63, 3.8) is 0 Å². The molecule has 0 saturated carbocycles. The van der Waals surface area contributed by atoms with Gasteiger partial charge in [0, 0.05) is 15.5 Å². The summed E-state index contributed by atoms with van der Waals surface area (Å²) in [5.74, 6) is -0.972. The summed E-state index contributed by atoms with van der Waals surface area (Å²) in [7, 11) is 0. The quantitative estimate of drug-likeness (QED) is 0.267. The van der Waals surface area contributed by atoms with Crippen molar-refractivity contribution in [1.29, 1.82) is 0 Å². The minimum absolute atomic E-state index is 0.0705. The highest BCUT2D eigenvalue weighted by atomic mass is 35.5. The van der Waals surface area contributed by atoms with Crippen LogP contribution in [0.1, 0.15) is 25.0 Å². The molecule has 1 aromatic carbocycles. The SMILES string of the molecule is CC(C)COC(=O)Cc1cc(C(=S)N=[N+]=[N-])c(F)cc1Cl. The first-order valence-corrected chi connectivity index (χ1v) is 6.86. The van der Waals surface area contributed by atoms with Crippen LogP contribution in [0.2, 0.25) is 5.02 Å². The van der Waals surface area contributed by atoms with E-state index in [2.05, 4.69) is 10.0 Å². The van der Waals surface area contributed by atoms with E-state index in [4.69, 9.17) is 34.1 Å². The monoisotopic (exact) mass is 329 g/mol. The number of azide groups is 1. The molecule has 0 aliphatic heterocycles. The van der Waals surface area contributed by atoms with E-state index in [9.17, 15) is 9.18 Å². The average molecular weight is 330 g/mol. The van der Waals surface area contributed by atoms with Gasteiger partial charge in [-0.1, -0.05) is 37.7 Å². The van der Waals surface area contributed by atoms with Crippen LogP contribution in [-0.2, 0) is 16.0 Å². The van der Waals surface area contributed by atoms with Gasteiger partial charge < -0.3 is 4.74 Å². The summed E-state index contributed by atoms with van der Waals surface area (Å²) in [5, 5.41) is 3.26. The maximum atomic E-state index is 13.7. The number of nitrogens with zero attached hydrogens (tertiary/aromatic N) is 3. The number of esters is 1. The molecule has 0 saturated heterocycles. The second-order valence-electron chi connectivity index (χ2n) is 4.67. The lowest BCUT2D eigenvalue weighted by molar-refractivity contribution is -0.143. The van der Waals surface area contributed by atoms with Crippen LogP contribution in [-0.4, -0.2) is 17.6 Å². The highest BCUT2D eigenvalue weighted by Crippen LogP contribution is 2.23. The molecule has 1 aromatic rings. The molecule has 112 valence electrons. The van der Waals surface area contributed by atoms with Crippen molar-refractivity contribution >= 4 is 34.8 Å². The molecule has 0 unspecified atom stereocenters. The summed E-state index contributed by atoms with van der Waals surface area (Å²) in [6, 6.07) is 2.33. The van der Waals surface area contributed by atoms with Gasteiger partial charge in [0.05, 0.1) is 13.0 Å². The third-order valence-corrected chi connectivity index (χ3v) is 3.07. The van der Waals surface area contributed by atoms with Gasteiger partial charge in [0.25, 0.3) is 0 Å². The fraction of sp³-hybridized carbons (Fsp3) is 0.385. The molecule has 0 amide bonds. The van der Waals surface area contributed by atoms with Gasteiger partial charge in [-0.25, -0.2) is 4.39 Å². The molecule has 0 radical (unpaired) electrons. The first-order valence-electron chi connectivity index (χ1n) is 6.08. The molecule has 0 aliphatic rings. The first kappa shape index (κ1) is 17.4. The van der Waals surface area contributed by atoms with Crippen molar-refractivity contribution in [1.82, 2.24) is 0 Å². The number of benzene rings is 1. The molecule has 0 N–H and O–H groups in total. The van der Waals surface area contributed by atoms with Crippen LogP contribution < -0.4 is 0 Å². The van der Waals surface area contributed by atoms with Crippen molar-refractivity contribution < 1.29 is 13.9 Å². The lowest BCUT2D eigenvalue weighted by Crippen LogP contribution is -2.13. The van der Waals surface area contributed by atoms with Crippen LogP contribution in [0, 0.1) is 11.7 Å². The topological polar surface area (TPSA) is 75.1 Å². The second-order valence-corrected chi connectivity index (χ2v) is 5.47. The van der Waals surface area contributed by atoms with Crippen molar-refractivity contribution in [2.24, 2.45) is 11.0 Å². The van der Waals surface area contributed by atoms with Crippen LogP contribution in [0.4, 0.5) is 4.39 Å². The molecule has 0 aromatic heterocycles. The number of ether oxygens (including phenoxy) is 1. The Labute approximate surface area is 131 Å². The van der Waals surface area contributed by atoms with Crippen LogP contribution in [0.15, 0.2) is 17.2 Å². The summed E-state index contributed by atoms with van der Waals surface area (Å²) in [6.45, 7) is 4.12. The molecule has 0 fully saturated rings. The zero-order valence-electron chi connectivity index (χ0n) is 11.5. The van der Waals surface area contributed by atoms with Crippen molar-refractivity contribution in [2.45, 2.75) is 20.3 Å². The van der Waals surface area contributed by atoms with E-state index >= 15 is 0 Å². The third kappa shape index (κ3) is 5.30. The summed E-state index contributed by atoms with van der Waals surface area (Å²) in [5.41, 5.74) is 8.62. The average Bonchev–Trinajstić information content (AvgIpc) is 2.39. The van der Waals surface area contributed by atoms with E-state index < -0.39 is 11.8 Å². The molecule has 0 aliphatic carbocycles. The molecule has 5 nitrogen and oxygen atoms in total. The Morgan fingerprint density at radius 1 is 1.57 bits per heavy atom. The molecule has 0 heterocycles. The van der Waals surface area contributed by atoms with E-state index in [1.165, 1.54) is 6.07 Å². The van der Waals surface area contributed by atoms with Gasteiger partial charge in [-0.2, -0.15) is 0 Å². The van der Waals surface area contributed by atoms with E-state index in [1.807, 2.05) is 13.8 Å². The molecule has 0 bridgehead atoms. The van der Waals surface area contributed by atoms with Crippen molar-refractivity contribution in [3.8, 4) is 0 Å². The summed E-state index contributed by atoms with van der Waals surface area (Å²) < 4.78 is 18.8. The minimum Gasteiger partial charge on any atom is -0.465 e. The normalized spacial score (nSPS) is 10.1. The zero-order valence-corrected chi connectivity index (χ0v) is 13.0. The number of thiocarbonyl (C=S) groups is 1. The fourth-order valence-corrected chi connectivity index (χ4v) is 1.86. The Morgan fingerprint density at radius 3 is 2.81 bits per heavy atom. The second kappa shape index (κ2) is 7.93. The molecule has 1 rings (SSSR count). The van der Waals surface area contributed by atoms with Gasteiger partial charge in [0.2, 0.25) is 0 Å². The Balaban J connectivity index is 2.97. The predicted octanol–water partition coefficient (Wildman–Crippen LogP) is 4.21. The molecule has 21 heavy (non-hydrogen) atoms. The van der Waals surface area contributed by atoms with Gasteiger partial charge in [0.1, 0.15) is 10.8 Å². The predicted molar refractivity (Wildman–Crippen MR) is 81.8 cm³/mol. The largest absolute Gasteiger partial charge is 0.465 e. The van der Waals surface area contributed by atoms with Crippen LogP contribution in [0.3, 0.4) is 0 Å². The zero-order chi connectivity index (χ0) is 16.0. The van der Waals surface area contributed by atoms with E-state index in [1.54, 1.807) is 0 Å². The Kier molecular flexibility index (Phi) is 6.55. The Hall–Kier alpha value is -1.69. The number of hydrogen-bond acceptors (Lipinski definition) is 3.